The van der Waals surface area contributed by atoms with Crippen molar-refractivity contribution in [3.63, 3.8) is 0 Å². The molecule has 0 aliphatic rings. The number of aromatic hydroxyl groups is 1. The van der Waals surface area contributed by atoms with Gasteiger partial charge in [-0.2, -0.15) is 0 Å². The van der Waals surface area contributed by atoms with E-state index in [2.05, 4.69) is 4.74 Å². The average Bonchev–Trinajstić information content (AvgIpc) is 2.29. The molecule has 0 aromatic heterocycles. The molecule has 0 spiro atoms. The smallest absolute Gasteiger partial charge is 0.330 e. The average molecular weight is 219 g/mol. The number of ether oxygens (including phenoxy) is 1. The Balaban J connectivity index is 2.74. The molecule has 0 saturated heterocycles. The van der Waals surface area contributed by atoms with Gasteiger partial charge in [-0.1, -0.05) is 30.4 Å². The van der Waals surface area contributed by atoms with Crippen molar-refractivity contribution in [1.82, 2.24) is 0 Å². The minimum absolute atomic E-state index is 0.0326. The molecule has 0 heterocycles. The van der Waals surface area contributed by atoms with Crippen LogP contribution in [0.1, 0.15) is 5.56 Å². The molecule has 0 saturated carbocycles. The van der Waals surface area contributed by atoms with Crippen LogP contribution in [0.15, 0.2) is 36.4 Å². The van der Waals surface area contributed by atoms with Crippen LogP contribution in [0.25, 0.3) is 6.08 Å². The van der Waals surface area contributed by atoms with Crippen LogP contribution >= 0.6 is 0 Å². The predicted molar refractivity (Wildman–Crippen MR) is 62.7 cm³/mol. The third-order valence-electron chi connectivity index (χ3n) is 1.92. The van der Waals surface area contributed by atoms with Crippen LogP contribution in [0.3, 0.4) is 0 Å². The van der Waals surface area contributed by atoms with Gasteiger partial charge >= 0.3 is 5.97 Å². The van der Waals surface area contributed by atoms with Crippen molar-refractivity contribution >= 4 is 17.7 Å². The first-order chi connectivity index (χ1) is 7.65. The maximum atomic E-state index is 10.7. The van der Waals surface area contributed by atoms with Gasteiger partial charge in [-0.15, -0.1) is 0 Å². The van der Waals surface area contributed by atoms with Gasteiger partial charge in [-0.05, 0) is 6.07 Å². The normalized spacial score (nSPS) is 11.1. The van der Waals surface area contributed by atoms with Crippen molar-refractivity contribution in [3.8, 4) is 5.75 Å². The van der Waals surface area contributed by atoms with E-state index in [0.29, 0.717) is 11.3 Å². The van der Waals surface area contributed by atoms with E-state index in [-0.39, 0.29) is 5.75 Å². The largest absolute Gasteiger partial charge is 0.505 e. The van der Waals surface area contributed by atoms with Crippen LogP contribution in [-0.2, 0) is 9.53 Å². The van der Waals surface area contributed by atoms with Crippen LogP contribution in [-0.4, -0.2) is 18.2 Å². The van der Waals surface area contributed by atoms with E-state index in [9.17, 15) is 9.90 Å². The number of para-hydroxylation sites is 1. The van der Waals surface area contributed by atoms with Crippen LogP contribution < -0.4 is 5.73 Å². The zero-order valence-corrected chi connectivity index (χ0v) is 8.88. The standard InChI is InChI=1S/C12H13NO3/c1-16-11(14)8-3-2-5-9-6-4-7-10(13)12(9)15/h2-8,15H,13H2,1H3. The number of phenols is 1. The lowest BCUT2D eigenvalue weighted by atomic mass is 10.1. The van der Waals surface area contributed by atoms with E-state index in [4.69, 9.17) is 5.73 Å². The van der Waals surface area contributed by atoms with Crippen molar-refractivity contribution in [2.75, 3.05) is 12.8 Å². The summed E-state index contributed by atoms with van der Waals surface area (Å²) in [4.78, 5) is 10.7. The summed E-state index contributed by atoms with van der Waals surface area (Å²) in [5, 5.41) is 9.56. The summed E-state index contributed by atoms with van der Waals surface area (Å²) in [5.74, 6) is -0.397. The molecule has 16 heavy (non-hydrogen) atoms. The third-order valence-corrected chi connectivity index (χ3v) is 1.92. The highest BCUT2D eigenvalue weighted by Crippen LogP contribution is 2.25. The van der Waals surface area contributed by atoms with E-state index in [0.717, 1.165) is 0 Å². The van der Waals surface area contributed by atoms with Gasteiger partial charge in [0.1, 0.15) is 5.75 Å². The van der Waals surface area contributed by atoms with Gasteiger partial charge in [0.05, 0.1) is 12.8 Å². The molecule has 0 atom stereocenters. The number of rotatable bonds is 3. The molecule has 1 aromatic rings. The molecule has 1 rings (SSSR count). The van der Waals surface area contributed by atoms with Crippen LogP contribution in [0.2, 0.25) is 0 Å². The first kappa shape index (κ1) is 11.8. The van der Waals surface area contributed by atoms with Gasteiger partial charge in [0.15, 0.2) is 0 Å². The molecule has 1 aromatic carbocycles. The number of carbonyl (C=O) groups is 1. The Morgan fingerprint density at radius 2 is 2.19 bits per heavy atom. The summed E-state index contributed by atoms with van der Waals surface area (Å²) < 4.78 is 4.42. The molecule has 0 aliphatic heterocycles. The molecular formula is C12H13NO3. The molecule has 4 heteroatoms. The maximum Gasteiger partial charge on any atom is 0.330 e. The number of anilines is 1. The molecule has 3 N–H and O–H groups in total. The van der Waals surface area contributed by atoms with E-state index >= 15 is 0 Å². The number of methoxy groups -OCH3 is 1. The van der Waals surface area contributed by atoms with Gasteiger partial charge in [0, 0.05) is 11.6 Å². The highest BCUT2D eigenvalue weighted by atomic mass is 16.5. The minimum Gasteiger partial charge on any atom is -0.505 e. The number of allylic oxidation sites excluding steroid dienone is 2. The van der Waals surface area contributed by atoms with Gasteiger partial charge in [-0.3, -0.25) is 0 Å². The van der Waals surface area contributed by atoms with Crippen molar-refractivity contribution in [1.29, 1.82) is 0 Å². The zero-order chi connectivity index (χ0) is 12.0. The Bertz CT molecular complexity index is 436. The molecular weight excluding hydrogens is 206 g/mol. The van der Waals surface area contributed by atoms with Crippen molar-refractivity contribution in [2.45, 2.75) is 0 Å². The third kappa shape index (κ3) is 3.16. The maximum absolute atomic E-state index is 10.7. The van der Waals surface area contributed by atoms with Crippen LogP contribution in [0.5, 0.6) is 5.75 Å². The Labute approximate surface area is 93.7 Å². The predicted octanol–water partition coefficient (Wildman–Crippen LogP) is 1.72. The molecule has 4 nitrogen and oxygen atoms in total. The molecule has 0 aliphatic carbocycles. The van der Waals surface area contributed by atoms with Gasteiger partial charge in [-0.25, -0.2) is 4.79 Å². The number of esters is 1. The number of nitrogen functional groups attached to an aromatic ring is 1. The highest BCUT2D eigenvalue weighted by molar-refractivity contribution is 5.82. The van der Waals surface area contributed by atoms with E-state index in [1.165, 1.54) is 19.3 Å². The lowest BCUT2D eigenvalue weighted by Gasteiger charge is -2.00. The molecule has 0 fully saturated rings. The molecule has 0 amide bonds. The van der Waals surface area contributed by atoms with E-state index in [1.54, 1.807) is 30.4 Å². The lowest BCUT2D eigenvalue weighted by molar-refractivity contribution is -0.134. The number of phenolic OH excluding ortho intramolecular Hbond substituents is 1. The second-order valence-corrected chi connectivity index (χ2v) is 3.03. The fraction of sp³-hybridized carbons (Fsp3) is 0.0833. The summed E-state index contributed by atoms with van der Waals surface area (Å²) >= 11 is 0. The van der Waals surface area contributed by atoms with Crippen molar-refractivity contribution in [2.24, 2.45) is 0 Å². The first-order valence-corrected chi connectivity index (χ1v) is 4.65. The summed E-state index contributed by atoms with van der Waals surface area (Å²) in [7, 11) is 1.31. The minimum atomic E-state index is -0.429. The van der Waals surface area contributed by atoms with Crippen LogP contribution in [0.4, 0.5) is 5.69 Å². The topological polar surface area (TPSA) is 72.5 Å². The van der Waals surface area contributed by atoms with Gasteiger partial charge < -0.3 is 15.6 Å². The number of nitrogens with two attached hydrogens (primary N) is 1. The quantitative estimate of drug-likeness (QED) is 0.267. The number of hydrogen-bond donors (Lipinski definition) is 2. The lowest BCUT2D eigenvalue weighted by Crippen LogP contribution is -1.92. The Hall–Kier alpha value is -2.23. The highest BCUT2D eigenvalue weighted by Gasteiger charge is 1.99. The van der Waals surface area contributed by atoms with E-state index in [1.807, 2.05) is 0 Å². The first-order valence-electron chi connectivity index (χ1n) is 4.65. The second-order valence-electron chi connectivity index (χ2n) is 3.03. The van der Waals surface area contributed by atoms with Gasteiger partial charge in [0.2, 0.25) is 0 Å². The second kappa shape index (κ2) is 5.60. The number of benzene rings is 1. The monoisotopic (exact) mass is 219 g/mol. The van der Waals surface area contributed by atoms with Gasteiger partial charge in [0.25, 0.3) is 0 Å². The van der Waals surface area contributed by atoms with Crippen molar-refractivity contribution in [3.05, 3.63) is 42.0 Å². The summed E-state index contributed by atoms with van der Waals surface area (Å²) in [6.07, 6.45) is 6.06. The Morgan fingerprint density at radius 1 is 1.44 bits per heavy atom. The number of carbonyl (C=O) groups excluding carboxylic acids is 1. The molecule has 0 unspecified atom stereocenters. The molecule has 0 bridgehead atoms. The van der Waals surface area contributed by atoms with Crippen molar-refractivity contribution < 1.29 is 14.6 Å². The summed E-state index contributed by atoms with van der Waals surface area (Å²) in [6.45, 7) is 0. The Morgan fingerprint density at radius 3 is 2.88 bits per heavy atom. The fourth-order valence-electron chi connectivity index (χ4n) is 1.08. The SMILES string of the molecule is COC(=O)C=CC=Cc1cccc(N)c1O. The zero-order valence-electron chi connectivity index (χ0n) is 8.88. The fourth-order valence-corrected chi connectivity index (χ4v) is 1.08. The Kier molecular flexibility index (Phi) is 4.15. The van der Waals surface area contributed by atoms with E-state index < -0.39 is 5.97 Å². The molecule has 84 valence electrons. The summed E-state index contributed by atoms with van der Waals surface area (Å²) in [5.41, 5.74) is 6.43. The molecule has 0 radical (unpaired) electrons. The van der Waals surface area contributed by atoms with Crippen LogP contribution in [0, 0.1) is 0 Å². The number of hydrogen-bond acceptors (Lipinski definition) is 4. The summed E-state index contributed by atoms with van der Waals surface area (Å²) in [6, 6.07) is 5.06.